The van der Waals surface area contributed by atoms with Crippen molar-refractivity contribution in [3.63, 3.8) is 0 Å². The maximum atomic E-state index is 12.2. The molecule has 0 radical (unpaired) electrons. The van der Waals surface area contributed by atoms with Gasteiger partial charge >= 0.3 is 0 Å². The molecular formula is C19H22O2. The number of hydrogen-bond donors (Lipinski definition) is 0. The van der Waals surface area contributed by atoms with Gasteiger partial charge in [-0.05, 0) is 38.0 Å². The second kappa shape index (κ2) is 7.07. The quantitative estimate of drug-likeness (QED) is 0.707. The molecule has 0 saturated heterocycles. The van der Waals surface area contributed by atoms with E-state index < -0.39 is 0 Å². The standard InChI is InChI=1S/C19H22O2/c1-4-6-18(20)17-12-15(3)9-10-19(17)21-13-16-8-5-7-14(2)11-16/h5,7-12H,4,6,13H2,1-3H3. The van der Waals surface area contributed by atoms with E-state index in [2.05, 4.69) is 19.1 Å². The van der Waals surface area contributed by atoms with Gasteiger partial charge in [0.2, 0.25) is 0 Å². The van der Waals surface area contributed by atoms with Crippen molar-refractivity contribution in [2.24, 2.45) is 0 Å². The molecule has 0 atom stereocenters. The van der Waals surface area contributed by atoms with Gasteiger partial charge in [0.1, 0.15) is 12.4 Å². The lowest BCUT2D eigenvalue weighted by molar-refractivity contribution is 0.0977. The summed E-state index contributed by atoms with van der Waals surface area (Å²) >= 11 is 0. The number of aryl methyl sites for hydroxylation is 2. The van der Waals surface area contributed by atoms with Crippen LogP contribution in [0.15, 0.2) is 42.5 Å². The predicted molar refractivity (Wildman–Crippen MR) is 85.9 cm³/mol. The van der Waals surface area contributed by atoms with Crippen LogP contribution in [0.4, 0.5) is 0 Å². The Kier molecular flexibility index (Phi) is 5.15. The van der Waals surface area contributed by atoms with Crippen LogP contribution in [0.25, 0.3) is 0 Å². The fraction of sp³-hybridized carbons (Fsp3) is 0.316. The van der Waals surface area contributed by atoms with Crippen LogP contribution >= 0.6 is 0 Å². The van der Waals surface area contributed by atoms with Gasteiger partial charge in [0, 0.05) is 6.42 Å². The van der Waals surface area contributed by atoms with E-state index >= 15 is 0 Å². The molecule has 0 aliphatic heterocycles. The number of carbonyl (C=O) groups excluding carboxylic acids is 1. The van der Waals surface area contributed by atoms with Gasteiger partial charge in [-0.2, -0.15) is 0 Å². The summed E-state index contributed by atoms with van der Waals surface area (Å²) in [4.78, 5) is 12.2. The maximum Gasteiger partial charge on any atom is 0.166 e. The predicted octanol–water partition coefficient (Wildman–Crippen LogP) is 4.87. The van der Waals surface area contributed by atoms with Crippen LogP contribution in [0.5, 0.6) is 5.75 Å². The number of Topliss-reactive ketones (excluding diaryl/α,β-unsaturated/α-hetero) is 1. The summed E-state index contributed by atoms with van der Waals surface area (Å²) in [7, 11) is 0. The molecule has 0 bridgehead atoms. The van der Waals surface area contributed by atoms with Crippen LogP contribution in [0, 0.1) is 13.8 Å². The van der Waals surface area contributed by atoms with Gasteiger partial charge in [0.05, 0.1) is 5.56 Å². The smallest absolute Gasteiger partial charge is 0.166 e. The minimum Gasteiger partial charge on any atom is -0.488 e. The van der Waals surface area contributed by atoms with E-state index in [1.54, 1.807) is 0 Å². The Morgan fingerprint density at radius 1 is 1.05 bits per heavy atom. The molecule has 2 aromatic rings. The molecule has 2 heteroatoms. The first-order valence-electron chi connectivity index (χ1n) is 7.42. The Balaban J connectivity index is 2.17. The summed E-state index contributed by atoms with van der Waals surface area (Å²) in [5, 5.41) is 0. The zero-order valence-corrected chi connectivity index (χ0v) is 13.0. The van der Waals surface area contributed by atoms with Crippen molar-refractivity contribution in [2.45, 2.75) is 40.2 Å². The zero-order chi connectivity index (χ0) is 15.2. The molecule has 2 rings (SSSR count). The van der Waals surface area contributed by atoms with E-state index in [1.165, 1.54) is 5.56 Å². The molecule has 2 aromatic carbocycles. The Morgan fingerprint density at radius 2 is 1.81 bits per heavy atom. The summed E-state index contributed by atoms with van der Waals surface area (Å²) in [5.41, 5.74) is 4.11. The maximum absolute atomic E-state index is 12.2. The van der Waals surface area contributed by atoms with Crippen LogP contribution in [0.3, 0.4) is 0 Å². The van der Waals surface area contributed by atoms with Gasteiger partial charge in [-0.1, -0.05) is 48.4 Å². The highest BCUT2D eigenvalue weighted by molar-refractivity contribution is 5.98. The Morgan fingerprint density at radius 3 is 2.52 bits per heavy atom. The third kappa shape index (κ3) is 4.19. The highest BCUT2D eigenvalue weighted by Crippen LogP contribution is 2.23. The van der Waals surface area contributed by atoms with Gasteiger partial charge in [0.25, 0.3) is 0 Å². The van der Waals surface area contributed by atoms with E-state index in [0.717, 1.165) is 17.5 Å². The Hall–Kier alpha value is -2.09. The van der Waals surface area contributed by atoms with Crippen LogP contribution in [0.2, 0.25) is 0 Å². The van der Waals surface area contributed by atoms with Gasteiger partial charge in [0.15, 0.2) is 5.78 Å². The first kappa shape index (κ1) is 15.3. The van der Waals surface area contributed by atoms with Crippen molar-refractivity contribution < 1.29 is 9.53 Å². The number of ketones is 1. The molecule has 2 nitrogen and oxygen atoms in total. The van der Waals surface area contributed by atoms with Crippen LogP contribution in [-0.2, 0) is 6.61 Å². The largest absolute Gasteiger partial charge is 0.488 e. The highest BCUT2D eigenvalue weighted by atomic mass is 16.5. The first-order valence-corrected chi connectivity index (χ1v) is 7.42. The fourth-order valence-corrected chi connectivity index (χ4v) is 2.31. The molecule has 0 N–H and O–H groups in total. The zero-order valence-electron chi connectivity index (χ0n) is 13.0. The highest BCUT2D eigenvalue weighted by Gasteiger charge is 2.12. The normalized spacial score (nSPS) is 10.4. The third-order valence-electron chi connectivity index (χ3n) is 3.39. The molecule has 0 aliphatic rings. The number of ether oxygens (including phenoxy) is 1. The molecule has 0 amide bonds. The molecule has 0 heterocycles. The topological polar surface area (TPSA) is 26.3 Å². The monoisotopic (exact) mass is 282 g/mol. The molecule has 110 valence electrons. The molecule has 0 aromatic heterocycles. The van der Waals surface area contributed by atoms with Crippen molar-refractivity contribution in [3.8, 4) is 5.75 Å². The van der Waals surface area contributed by atoms with E-state index in [-0.39, 0.29) is 5.78 Å². The van der Waals surface area contributed by atoms with Crippen molar-refractivity contribution in [3.05, 3.63) is 64.7 Å². The van der Waals surface area contributed by atoms with Gasteiger partial charge in [-0.15, -0.1) is 0 Å². The second-order valence-corrected chi connectivity index (χ2v) is 5.45. The lowest BCUT2D eigenvalue weighted by Gasteiger charge is -2.12. The van der Waals surface area contributed by atoms with E-state index in [0.29, 0.717) is 24.3 Å². The van der Waals surface area contributed by atoms with Crippen molar-refractivity contribution in [1.29, 1.82) is 0 Å². The van der Waals surface area contributed by atoms with Crippen LogP contribution < -0.4 is 4.74 Å². The average Bonchev–Trinajstić information content (AvgIpc) is 2.46. The Labute approximate surface area is 126 Å². The van der Waals surface area contributed by atoms with E-state index in [9.17, 15) is 4.79 Å². The van der Waals surface area contributed by atoms with Gasteiger partial charge < -0.3 is 4.74 Å². The van der Waals surface area contributed by atoms with Gasteiger partial charge in [-0.3, -0.25) is 4.79 Å². The van der Waals surface area contributed by atoms with Crippen molar-refractivity contribution >= 4 is 5.78 Å². The summed E-state index contributed by atoms with van der Waals surface area (Å²) in [5.74, 6) is 0.834. The molecule has 0 spiro atoms. The Bertz CT molecular complexity index is 629. The van der Waals surface area contributed by atoms with E-state index in [4.69, 9.17) is 4.74 Å². The fourth-order valence-electron chi connectivity index (χ4n) is 2.31. The molecule has 0 fully saturated rings. The van der Waals surface area contributed by atoms with E-state index in [1.807, 2.05) is 44.2 Å². The SMILES string of the molecule is CCCC(=O)c1cc(C)ccc1OCc1cccc(C)c1. The summed E-state index contributed by atoms with van der Waals surface area (Å²) in [6, 6.07) is 14.0. The number of rotatable bonds is 6. The molecule has 21 heavy (non-hydrogen) atoms. The third-order valence-corrected chi connectivity index (χ3v) is 3.39. The molecule has 0 unspecified atom stereocenters. The van der Waals surface area contributed by atoms with Gasteiger partial charge in [-0.25, -0.2) is 0 Å². The number of benzene rings is 2. The molecule has 0 aliphatic carbocycles. The summed E-state index contributed by atoms with van der Waals surface area (Å²) in [6.07, 6.45) is 1.41. The lowest BCUT2D eigenvalue weighted by atomic mass is 10.0. The van der Waals surface area contributed by atoms with Crippen molar-refractivity contribution in [2.75, 3.05) is 0 Å². The molecular weight excluding hydrogens is 260 g/mol. The minimum absolute atomic E-state index is 0.153. The van der Waals surface area contributed by atoms with Crippen LogP contribution in [0.1, 0.15) is 46.8 Å². The lowest BCUT2D eigenvalue weighted by Crippen LogP contribution is -2.04. The molecule has 0 saturated carbocycles. The summed E-state index contributed by atoms with van der Waals surface area (Å²) in [6.45, 7) is 6.55. The number of carbonyl (C=O) groups is 1. The number of hydrogen-bond acceptors (Lipinski definition) is 2. The average molecular weight is 282 g/mol. The second-order valence-electron chi connectivity index (χ2n) is 5.45. The first-order chi connectivity index (χ1) is 10.1. The minimum atomic E-state index is 0.153. The summed E-state index contributed by atoms with van der Waals surface area (Å²) < 4.78 is 5.88. The van der Waals surface area contributed by atoms with Crippen molar-refractivity contribution in [1.82, 2.24) is 0 Å². The van der Waals surface area contributed by atoms with Crippen LogP contribution in [-0.4, -0.2) is 5.78 Å².